The Labute approximate surface area is 187 Å². The zero-order chi connectivity index (χ0) is 22.4. The van der Waals surface area contributed by atoms with Crippen molar-refractivity contribution in [2.45, 2.75) is 32.1 Å². The summed E-state index contributed by atoms with van der Waals surface area (Å²) >= 11 is 1.71. The number of fused-ring (bicyclic) bond motifs is 2. The van der Waals surface area contributed by atoms with Crippen molar-refractivity contribution in [3.8, 4) is 11.5 Å². The fraction of sp³-hybridized carbons (Fsp3) is 0.292. The molecule has 1 fully saturated rings. The Morgan fingerprint density at radius 2 is 1.97 bits per heavy atom. The molecule has 4 aromatic rings. The molecule has 1 aliphatic rings. The first kappa shape index (κ1) is 20.5. The first-order valence-corrected chi connectivity index (χ1v) is 11.3. The zero-order valence-electron chi connectivity index (χ0n) is 17.5. The molecule has 7 nitrogen and oxygen atoms in total. The maximum Gasteiger partial charge on any atom is 0.340 e. The third kappa shape index (κ3) is 3.60. The molecule has 2 N–H and O–H groups in total. The number of rotatable bonds is 3. The number of benzene rings is 2. The number of aromatic hydroxyl groups is 2. The van der Waals surface area contributed by atoms with Gasteiger partial charge in [-0.05, 0) is 37.5 Å². The minimum absolute atomic E-state index is 0.0871. The van der Waals surface area contributed by atoms with Gasteiger partial charge >= 0.3 is 5.63 Å². The number of aryl methyl sites for hydroxylation is 1. The quantitative estimate of drug-likeness (QED) is 0.456. The van der Waals surface area contributed by atoms with Crippen LogP contribution in [0.2, 0.25) is 0 Å². The zero-order valence-corrected chi connectivity index (χ0v) is 18.3. The Kier molecular flexibility index (Phi) is 5.09. The topological polar surface area (TPSA) is 104 Å². The van der Waals surface area contributed by atoms with E-state index >= 15 is 0 Å². The van der Waals surface area contributed by atoms with Crippen molar-refractivity contribution in [2.75, 3.05) is 13.1 Å². The molecule has 3 heterocycles. The van der Waals surface area contributed by atoms with E-state index in [1.807, 2.05) is 18.2 Å². The molecule has 0 radical (unpaired) electrons. The Bertz CT molecular complexity index is 1370. The predicted octanol–water partition coefficient (Wildman–Crippen LogP) is 4.07. The Balaban J connectivity index is 1.32. The van der Waals surface area contributed by atoms with Crippen LogP contribution in [0.1, 0.15) is 34.9 Å². The molecule has 0 atom stereocenters. The molecule has 164 valence electrons. The van der Waals surface area contributed by atoms with E-state index in [1.54, 1.807) is 23.2 Å². The number of phenols is 2. The monoisotopic (exact) mass is 450 g/mol. The number of nitrogens with zero attached hydrogens (tertiary/aromatic N) is 2. The fourth-order valence-electron chi connectivity index (χ4n) is 4.42. The van der Waals surface area contributed by atoms with E-state index in [2.05, 4.69) is 6.07 Å². The molecule has 0 unspecified atom stereocenters. The SMILES string of the molecule is Cc1c(CC(=O)N2CCC(c3nc4ccccc4s3)CC2)c(=O)oc2cc(O)cc(O)c12. The molecule has 0 saturated carbocycles. The van der Waals surface area contributed by atoms with Crippen molar-refractivity contribution in [1.82, 2.24) is 9.88 Å². The lowest BCUT2D eigenvalue weighted by Gasteiger charge is -2.31. The number of hydrogen-bond acceptors (Lipinski definition) is 7. The molecule has 2 aromatic heterocycles. The number of hydrogen-bond donors (Lipinski definition) is 2. The highest BCUT2D eigenvalue weighted by atomic mass is 32.1. The van der Waals surface area contributed by atoms with Gasteiger partial charge in [0.25, 0.3) is 0 Å². The van der Waals surface area contributed by atoms with Crippen LogP contribution >= 0.6 is 11.3 Å². The number of aromatic nitrogens is 1. The average Bonchev–Trinajstić information content (AvgIpc) is 3.20. The predicted molar refractivity (Wildman–Crippen MR) is 122 cm³/mol. The van der Waals surface area contributed by atoms with Crippen LogP contribution in [0.15, 0.2) is 45.6 Å². The highest BCUT2D eigenvalue weighted by Gasteiger charge is 2.27. The Morgan fingerprint density at radius 3 is 2.72 bits per heavy atom. The number of thiazole rings is 1. The summed E-state index contributed by atoms with van der Waals surface area (Å²) in [4.78, 5) is 32.0. The smallest absolute Gasteiger partial charge is 0.340 e. The van der Waals surface area contributed by atoms with Gasteiger partial charge < -0.3 is 19.5 Å². The molecule has 0 spiro atoms. The summed E-state index contributed by atoms with van der Waals surface area (Å²) in [6.07, 6.45) is 1.57. The van der Waals surface area contributed by atoms with Gasteiger partial charge in [0, 0.05) is 31.1 Å². The molecular formula is C24H22N2O5S. The number of amides is 1. The van der Waals surface area contributed by atoms with Crippen molar-refractivity contribution in [2.24, 2.45) is 0 Å². The van der Waals surface area contributed by atoms with E-state index in [9.17, 15) is 19.8 Å². The molecule has 5 rings (SSSR count). The first-order chi connectivity index (χ1) is 15.4. The van der Waals surface area contributed by atoms with E-state index < -0.39 is 5.63 Å². The van der Waals surface area contributed by atoms with Crippen molar-refractivity contribution < 1.29 is 19.4 Å². The van der Waals surface area contributed by atoms with Crippen LogP contribution in [0.5, 0.6) is 11.5 Å². The summed E-state index contributed by atoms with van der Waals surface area (Å²) in [6, 6.07) is 10.6. The normalized spacial score (nSPS) is 15.0. The summed E-state index contributed by atoms with van der Waals surface area (Å²) in [5.41, 5.74) is 1.21. The molecule has 1 aliphatic heterocycles. The van der Waals surface area contributed by atoms with Gasteiger partial charge in [-0.15, -0.1) is 11.3 Å². The van der Waals surface area contributed by atoms with E-state index in [1.165, 1.54) is 16.8 Å². The minimum atomic E-state index is -0.627. The maximum atomic E-state index is 13.0. The summed E-state index contributed by atoms with van der Waals surface area (Å²) in [5, 5.41) is 21.3. The highest BCUT2D eigenvalue weighted by molar-refractivity contribution is 7.18. The first-order valence-electron chi connectivity index (χ1n) is 10.5. The van der Waals surface area contributed by atoms with Crippen molar-refractivity contribution in [3.05, 3.63) is 63.0 Å². The van der Waals surface area contributed by atoms with Gasteiger partial charge in [-0.1, -0.05) is 12.1 Å². The molecule has 8 heteroatoms. The number of carbonyl (C=O) groups excluding carboxylic acids is 1. The van der Waals surface area contributed by atoms with Crippen molar-refractivity contribution in [3.63, 3.8) is 0 Å². The molecule has 32 heavy (non-hydrogen) atoms. The molecule has 1 amide bonds. The van der Waals surface area contributed by atoms with E-state index in [0.29, 0.717) is 30.0 Å². The van der Waals surface area contributed by atoms with Gasteiger partial charge in [-0.25, -0.2) is 9.78 Å². The van der Waals surface area contributed by atoms with E-state index in [4.69, 9.17) is 9.40 Å². The van der Waals surface area contributed by atoms with Crippen LogP contribution in [-0.4, -0.2) is 39.1 Å². The molecule has 2 aromatic carbocycles. The standard InChI is InChI=1S/C24H22N2O5S/c1-13-16(24(30)31-19-11-15(27)10-18(28)22(13)19)12-21(29)26-8-6-14(7-9-26)23-25-17-4-2-3-5-20(17)32-23/h2-5,10-11,14,27-28H,6-9,12H2,1H3. The van der Waals surface area contributed by atoms with Crippen LogP contribution in [0.25, 0.3) is 21.2 Å². The van der Waals surface area contributed by atoms with Crippen LogP contribution < -0.4 is 5.63 Å². The number of likely N-dealkylation sites (tertiary alicyclic amines) is 1. The van der Waals surface area contributed by atoms with Gasteiger partial charge in [-0.3, -0.25) is 4.79 Å². The lowest BCUT2D eigenvalue weighted by molar-refractivity contribution is -0.131. The van der Waals surface area contributed by atoms with Gasteiger partial charge in [0.05, 0.1) is 32.6 Å². The largest absolute Gasteiger partial charge is 0.508 e. The second kappa shape index (κ2) is 7.94. The lowest BCUT2D eigenvalue weighted by Crippen LogP contribution is -2.39. The van der Waals surface area contributed by atoms with Gasteiger partial charge in [0.2, 0.25) is 5.91 Å². The fourth-order valence-corrected chi connectivity index (χ4v) is 5.55. The summed E-state index contributed by atoms with van der Waals surface area (Å²) in [5.74, 6) is -0.196. The lowest BCUT2D eigenvalue weighted by atomic mass is 9.96. The third-order valence-corrected chi connectivity index (χ3v) is 7.38. The second-order valence-corrected chi connectivity index (χ2v) is 9.24. The summed E-state index contributed by atoms with van der Waals surface area (Å²) < 4.78 is 6.45. The molecule has 1 saturated heterocycles. The molecule has 0 aliphatic carbocycles. The molecule has 0 bridgehead atoms. The Morgan fingerprint density at radius 1 is 1.22 bits per heavy atom. The van der Waals surface area contributed by atoms with E-state index in [-0.39, 0.29) is 35.0 Å². The molecular weight excluding hydrogens is 428 g/mol. The van der Waals surface area contributed by atoms with E-state index in [0.717, 1.165) is 23.4 Å². The van der Waals surface area contributed by atoms with Crippen LogP contribution in [0.3, 0.4) is 0 Å². The average molecular weight is 451 g/mol. The van der Waals surface area contributed by atoms with Crippen LogP contribution in [0.4, 0.5) is 0 Å². The maximum absolute atomic E-state index is 13.0. The van der Waals surface area contributed by atoms with Gasteiger partial charge in [0.1, 0.15) is 17.1 Å². The Hall–Kier alpha value is -3.39. The minimum Gasteiger partial charge on any atom is -0.508 e. The highest BCUT2D eigenvalue weighted by Crippen LogP contribution is 2.35. The second-order valence-electron chi connectivity index (χ2n) is 8.18. The summed E-state index contributed by atoms with van der Waals surface area (Å²) in [6.45, 7) is 2.89. The number of para-hydroxylation sites is 1. The van der Waals surface area contributed by atoms with Crippen LogP contribution in [0, 0.1) is 6.92 Å². The number of piperidine rings is 1. The van der Waals surface area contributed by atoms with Crippen molar-refractivity contribution >= 4 is 38.4 Å². The number of phenolic OH excluding ortho intramolecular Hbond substituents is 2. The summed E-state index contributed by atoms with van der Waals surface area (Å²) in [7, 11) is 0. The van der Waals surface area contributed by atoms with Gasteiger partial charge in [0.15, 0.2) is 0 Å². The van der Waals surface area contributed by atoms with Crippen molar-refractivity contribution in [1.29, 1.82) is 0 Å². The van der Waals surface area contributed by atoms with Crippen LogP contribution in [-0.2, 0) is 11.2 Å². The van der Waals surface area contributed by atoms with Gasteiger partial charge in [-0.2, -0.15) is 0 Å². The third-order valence-electron chi connectivity index (χ3n) is 6.18. The number of carbonyl (C=O) groups is 1.